The van der Waals surface area contributed by atoms with Gasteiger partial charge in [0.05, 0.1) is 12.3 Å². The first-order chi connectivity index (χ1) is 13.0. The van der Waals surface area contributed by atoms with E-state index in [-0.39, 0.29) is 35.8 Å². The van der Waals surface area contributed by atoms with E-state index in [1.54, 1.807) is 11.9 Å². The van der Waals surface area contributed by atoms with Crippen molar-refractivity contribution in [2.75, 3.05) is 43.6 Å². The van der Waals surface area contributed by atoms with Gasteiger partial charge < -0.3 is 20.7 Å². The molecule has 2 rings (SSSR count). The summed E-state index contributed by atoms with van der Waals surface area (Å²) in [6.07, 6.45) is 0. The molecule has 0 aliphatic carbocycles. The second kappa shape index (κ2) is 8.66. The number of likely N-dealkylation sites (N-methyl/N-ethyl adjacent to an activating group) is 1. The third-order valence-corrected chi connectivity index (χ3v) is 4.17. The van der Waals surface area contributed by atoms with Crippen LogP contribution in [0.15, 0.2) is 18.2 Å². The summed E-state index contributed by atoms with van der Waals surface area (Å²) in [5, 5.41) is 2.52. The second-order valence-corrected chi connectivity index (χ2v) is 8.03. The number of carbonyl (C=O) groups excluding carboxylic acids is 3. The fourth-order valence-corrected chi connectivity index (χ4v) is 3.17. The Bertz CT molecular complexity index is 763. The highest BCUT2D eigenvalue weighted by Gasteiger charge is 2.31. The van der Waals surface area contributed by atoms with Crippen LogP contribution in [0.1, 0.15) is 20.8 Å². The maximum absolute atomic E-state index is 14.5. The molecule has 1 atom stereocenters. The van der Waals surface area contributed by atoms with Crippen LogP contribution in [0.5, 0.6) is 0 Å². The molecule has 1 saturated heterocycles. The number of morpholine rings is 1. The highest BCUT2D eigenvalue weighted by molar-refractivity contribution is 6.09. The molecule has 1 aliphatic heterocycles. The van der Waals surface area contributed by atoms with Gasteiger partial charge in [-0.25, -0.2) is 4.39 Å². The van der Waals surface area contributed by atoms with Crippen molar-refractivity contribution in [3.63, 3.8) is 0 Å². The minimum atomic E-state index is -1.19. The average Bonchev–Trinajstić information content (AvgIpc) is 2.54. The molecule has 8 nitrogen and oxygen atoms in total. The molecule has 0 bridgehead atoms. The molecule has 0 radical (unpaired) electrons. The van der Waals surface area contributed by atoms with Crippen LogP contribution in [0.2, 0.25) is 0 Å². The van der Waals surface area contributed by atoms with E-state index in [4.69, 9.17) is 10.5 Å². The fraction of sp³-hybridized carbons (Fsp3) is 0.526. The number of nitrogens with zero attached hydrogens (tertiary/aromatic N) is 2. The zero-order valence-corrected chi connectivity index (χ0v) is 16.6. The van der Waals surface area contributed by atoms with E-state index < -0.39 is 23.7 Å². The van der Waals surface area contributed by atoms with Crippen LogP contribution in [0.4, 0.5) is 15.8 Å². The lowest BCUT2D eigenvalue weighted by Gasteiger charge is -2.31. The van der Waals surface area contributed by atoms with Gasteiger partial charge in [0.15, 0.2) is 6.04 Å². The van der Waals surface area contributed by atoms with Gasteiger partial charge in [-0.2, -0.15) is 0 Å². The minimum absolute atomic E-state index is 0.0989. The summed E-state index contributed by atoms with van der Waals surface area (Å²) in [6.45, 7) is 6.85. The second-order valence-electron chi connectivity index (χ2n) is 8.03. The van der Waals surface area contributed by atoms with E-state index in [1.807, 2.05) is 20.8 Å². The summed E-state index contributed by atoms with van der Waals surface area (Å²) in [7, 11) is 1.63. The molecular weight excluding hydrogens is 367 g/mol. The van der Waals surface area contributed by atoms with Crippen LogP contribution >= 0.6 is 0 Å². The molecule has 28 heavy (non-hydrogen) atoms. The SMILES string of the molecule is CN(CC(C)(C)C)[C@H](C(N)=O)C(=O)Nc1ccc(N2CCOCC2=O)c(F)c1. The van der Waals surface area contributed by atoms with Gasteiger partial charge in [-0.05, 0) is 30.7 Å². The van der Waals surface area contributed by atoms with E-state index in [0.29, 0.717) is 13.2 Å². The smallest absolute Gasteiger partial charge is 0.253 e. The van der Waals surface area contributed by atoms with Crippen molar-refractivity contribution in [2.24, 2.45) is 11.1 Å². The van der Waals surface area contributed by atoms with Gasteiger partial charge in [0.2, 0.25) is 5.91 Å². The van der Waals surface area contributed by atoms with Crippen LogP contribution in [-0.2, 0) is 19.1 Å². The van der Waals surface area contributed by atoms with Gasteiger partial charge in [0.1, 0.15) is 12.4 Å². The van der Waals surface area contributed by atoms with Crippen molar-refractivity contribution in [1.29, 1.82) is 0 Å². The largest absolute Gasteiger partial charge is 0.370 e. The van der Waals surface area contributed by atoms with E-state index in [2.05, 4.69) is 5.32 Å². The first-order valence-corrected chi connectivity index (χ1v) is 8.97. The Morgan fingerprint density at radius 2 is 2.07 bits per heavy atom. The van der Waals surface area contributed by atoms with E-state index in [0.717, 1.165) is 6.07 Å². The average molecular weight is 394 g/mol. The van der Waals surface area contributed by atoms with Gasteiger partial charge in [0, 0.05) is 18.8 Å². The Labute approximate surface area is 163 Å². The van der Waals surface area contributed by atoms with E-state index >= 15 is 0 Å². The topological polar surface area (TPSA) is 105 Å². The number of nitrogens with one attached hydrogen (secondary N) is 1. The highest BCUT2D eigenvalue weighted by atomic mass is 19.1. The maximum atomic E-state index is 14.5. The summed E-state index contributed by atoms with van der Waals surface area (Å²) in [5.74, 6) is -2.43. The van der Waals surface area contributed by atoms with E-state index in [9.17, 15) is 18.8 Å². The van der Waals surface area contributed by atoms with Crippen LogP contribution in [0.25, 0.3) is 0 Å². The predicted octanol–water partition coefficient (Wildman–Crippen LogP) is 0.959. The minimum Gasteiger partial charge on any atom is -0.370 e. The lowest BCUT2D eigenvalue weighted by Crippen LogP contribution is -2.52. The number of anilines is 2. The molecule has 3 N–H and O–H groups in total. The summed E-state index contributed by atoms with van der Waals surface area (Å²) in [5.41, 5.74) is 5.54. The summed E-state index contributed by atoms with van der Waals surface area (Å²) in [6, 6.07) is 2.80. The van der Waals surface area contributed by atoms with Gasteiger partial charge in [0.25, 0.3) is 11.8 Å². The fourth-order valence-electron chi connectivity index (χ4n) is 3.17. The first kappa shape index (κ1) is 21.8. The van der Waals surface area contributed by atoms with Gasteiger partial charge in [-0.3, -0.25) is 19.3 Å². The number of ether oxygens (including phenoxy) is 1. The molecule has 0 spiro atoms. The molecule has 0 saturated carbocycles. The molecule has 0 unspecified atom stereocenters. The van der Waals surface area contributed by atoms with Crippen LogP contribution in [-0.4, -0.2) is 62.0 Å². The number of carbonyl (C=O) groups is 3. The number of halogens is 1. The highest BCUT2D eigenvalue weighted by Crippen LogP contribution is 2.24. The first-order valence-electron chi connectivity index (χ1n) is 8.97. The summed E-state index contributed by atoms with van der Waals surface area (Å²) in [4.78, 5) is 39.1. The number of primary amides is 1. The number of benzene rings is 1. The Morgan fingerprint density at radius 3 is 2.61 bits per heavy atom. The van der Waals surface area contributed by atoms with Crippen LogP contribution < -0.4 is 16.0 Å². The van der Waals surface area contributed by atoms with Crippen LogP contribution in [0, 0.1) is 11.2 Å². The van der Waals surface area contributed by atoms with Gasteiger partial charge >= 0.3 is 0 Å². The zero-order valence-electron chi connectivity index (χ0n) is 16.6. The molecular formula is C19H27FN4O4. The van der Waals surface area contributed by atoms with Gasteiger partial charge in [-0.1, -0.05) is 20.8 Å². The third-order valence-electron chi connectivity index (χ3n) is 4.17. The number of hydrogen-bond donors (Lipinski definition) is 2. The van der Waals surface area contributed by atoms with Crippen molar-refractivity contribution in [3.8, 4) is 0 Å². The van der Waals surface area contributed by atoms with Gasteiger partial charge in [-0.15, -0.1) is 0 Å². The molecule has 1 fully saturated rings. The molecule has 1 aromatic rings. The lowest BCUT2D eigenvalue weighted by molar-refractivity contribution is -0.132. The Kier molecular flexibility index (Phi) is 6.73. The Hall–Kier alpha value is -2.52. The maximum Gasteiger partial charge on any atom is 0.253 e. The number of amides is 3. The summed E-state index contributed by atoms with van der Waals surface area (Å²) >= 11 is 0. The molecule has 9 heteroatoms. The third kappa shape index (κ3) is 5.49. The van der Waals surface area contributed by atoms with Crippen molar-refractivity contribution in [3.05, 3.63) is 24.0 Å². The molecule has 154 valence electrons. The summed E-state index contributed by atoms with van der Waals surface area (Å²) < 4.78 is 19.5. The number of nitrogens with two attached hydrogens (primary N) is 1. The molecule has 1 aromatic carbocycles. The Morgan fingerprint density at radius 1 is 1.39 bits per heavy atom. The molecule has 1 aliphatic rings. The monoisotopic (exact) mass is 394 g/mol. The van der Waals surface area contributed by atoms with Crippen molar-refractivity contribution >= 4 is 29.1 Å². The Balaban J connectivity index is 2.15. The van der Waals surface area contributed by atoms with Crippen molar-refractivity contribution < 1.29 is 23.5 Å². The molecule has 0 aromatic heterocycles. The lowest BCUT2D eigenvalue weighted by atomic mass is 9.95. The quantitative estimate of drug-likeness (QED) is 0.700. The van der Waals surface area contributed by atoms with E-state index in [1.165, 1.54) is 17.0 Å². The standard InChI is InChI=1S/C19H27FN4O4/c1-19(2,3)11-23(4)16(17(21)26)18(27)22-12-5-6-14(13(20)9-12)24-7-8-28-10-15(24)25/h5-6,9,16H,7-8,10-11H2,1-4H3,(H2,21,26)(H,22,27)/t16-/m1/s1. The number of rotatable bonds is 6. The molecule has 1 heterocycles. The predicted molar refractivity (Wildman–Crippen MR) is 103 cm³/mol. The zero-order chi connectivity index (χ0) is 21.1. The molecule has 3 amide bonds. The van der Waals surface area contributed by atoms with Crippen LogP contribution in [0.3, 0.4) is 0 Å². The normalized spacial score (nSPS) is 16.2. The van der Waals surface area contributed by atoms with Crippen molar-refractivity contribution in [2.45, 2.75) is 26.8 Å². The van der Waals surface area contributed by atoms with Crippen molar-refractivity contribution in [1.82, 2.24) is 4.90 Å². The number of hydrogen-bond acceptors (Lipinski definition) is 5.